The van der Waals surface area contributed by atoms with Crippen LogP contribution in [0.1, 0.15) is 33.1 Å². The van der Waals surface area contributed by atoms with Crippen LogP contribution in [-0.2, 0) is 4.79 Å². The molecule has 1 fully saturated rings. The van der Waals surface area contributed by atoms with Crippen LogP contribution in [-0.4, -0.2) is 46.0 Å². The number of amides is 1. The van der Waals surface area contributed by atoms with Gasteiger partial charge in [-0.05, 0) is 69.5 Å². The van der Waals surface area contributed by atoms with E-state index in [1.807, 2.05) is 41.3 Å². The van der Waals surface area contributed by atoms with Crippen LogP contribution in [0.15, 0.2) is 41.4 Å². The number of thioether (sulfide) groups is 1. The molecule has 1 saturated heterocycles. The molecule has 5 nitrogen and oxygen atoms in total. The number of likely N-dealkylation sites (tertiary alicyclic amines) is 1. The van der Waals surface area contributed by atoms with Gasteiger partial charge in [0.2, 0.25) is 5.91 Å². The van der Waals surface area contributed by atoms with Crippen LogP contribution >= 0.6 is 11.8 Å². The second-order valence-electron chi connectivity index (χ2n) is 6.70. The minimum atomic E-state index is 0.190. The van der Waals surface area contributed by atoms with Crippen LogP contribution in [0.4, 0.5) is 0 Å². The van der Waals surface area contributed by atoms with Gasteiger partial charge in [0.05, 0.1) is 18.6 Å². The highest BCUT2D eigenvalue weighted by Gasteiger charge is 2.28. The minimum Gasteiger partial charge on any atom is -0.497 e. The van der Waals surface area contributed by atoms with E-state index in [1.54, 1.807) is 7.11 Å². The van der Waals surface area contributed by atoms with E-state index in [2.05, 4.69) is 24.0 Å². The van der Waals surface area contributed by atoms with Crippen LogP contribution in [0.5, 0.6) is 5.75 Å². The Labute approximate surface area is 159 Å². The van der Waals surface area contributed by atoms with Crippen molar-refractivity contribution in [3.63, 3.8) is 0 Å². The number of nitrogens with zero attached hydrogens (tertiary/aromatic N) is 3. The molecule has 2 atom stereocenters. The van der Waals surface area contributed by atoms with Crippen LogP contribution in [0.25, 0.3) is 11.3 Å². The maximum absolute atomic E-state index is 12.6. The van der Waals surface area contributed by atoms with E-state index in [0.29, 0.717) is 17.8 Å². The summed E-state index contributed by atoms with van der Waals surface area (Å²) in [5, 5.41) is 9.32. The normalized spacial score (nSPS) is 20.0. The van der Waals surface area contributed by atoms with Gasteiger partial charge in [0.1, 0.15) is 10.8 Å². The van der Waals surface area contributed by atoms with Gasteiger partial charge in [0.25, 0.3) is 0 Å². The van der Waals surface area contributed by atoms with Crippen molar-refractivity contribution in [1.82, 2.24) is 15.1 Å². The van der Waals surface area contributed by atoms with Gasteiger partial charge in [0, 0.05) is 17.6 Å². The van der Waals surface area contributed by atoms with Crippen molar-refractivity contribution in [2.24, 2.45) is 0 Å². The Hall–Kier alpha value is -2.08. The van der Waals surface area contributed by atoms with E-state index in [4.69, 9.17) is 4.74 Å². The maximum Gasteiger partial charge on any atom is 0.233 e. The molecular formula is C20H25N3O2S. The molecule has 6 heteroatoms. The number of methoxy groups -OCH3 is 1. The third kappa shape index (κ3) is 4.36. The zero-order valence-corrected chi connectivity index (χ0v) is 16.3. The monoisotopic (exact) mass is 371 g/mol. The van der Waals surface area contributed by atoms with Crippen molar-refractivity contribution in [2.75, 3.05) is 12.9 Å². The number of rotatable bonds is 5. The number of carbonyl (C=O) groups is 1. The largest absolute Gasteiger partial charge is 0.497 e. The van der Waals surface area contributed by atoms with Crippen LogP contribution < -0.4 is 4.74 Å². The first-order chi connectivity index (χ1) is 12.6. The Balaban J connectivity index is 1.59. The van der Waals surface area contributed by atoms with Crippen LogP contribution in [0, 0.1) is 0 Å². The van der Waals surface area contributed by atoms with Gasteiger partial charge in [-0.2, -0.15) is 0 Å². The molecular weight excluding hydrogens is 346 g/mol. The highest BCUT2D eigenvalue weighted by atomic mass is 32.2. The molecule has 1 aliphatic rings. The highest BCUT2D eigenvalue weighted by molar-refractivity contribution is 7.99. The number of carbonyl (C=O) groups excluding carboxylic acids is 1. The maximum atomic E-state index is 12.6. The van der Waals surface area contributed by atoms with E-state index in [0.717, 1.165) is 34.9 Å². The first kappa shape index (κ1) is 18.7. The lowest BCUT2D eigenvalue weighted by atomic mass is 9.98. The second kappa shape index (κ2) is 8.54. The van der Waals surface area contributed by atoms with Gasteiger partial charge < -0.3 is 9.64 Å². The Morgan fingerprint density at radius 3 is 2.38 bits per heavy atom. The smallest absolute Gasteiger partial charge is 0.233 e. The predicted molar refractivity (Wildman–Crippen MR) is 104 cm³/mol. The molecule has 0 bridgehead atoms. The fraction of sp³-hybridized carbons (Fsp3) is 0.450. The molecule has 138 valence electrons. The third-order valence-corrected chi connectivity index (χ3v) is 5.76. The number of piperidine rings is 1. The summed E-state index contributed by atoms with van der Waals surface area (Å²) in [5.74, 6) is 1.41. The Bertz CT molecular complexity index is 724. The molecule has 2 unspecified atom stereocenters. The molecule has 0 spiro atoms. The van der Waals surface area contributed by atoms with Crippen molar-refractivity contribution in [3.05, 3.63) is 36.4 Å². The van der Waals surface area contributed by atoms with E-state index >= 15 is 0 Å². The first-order valence-corrected chi connectivity index (χ1v) is 9.99. The molecule has 1 aromatic carbocycles. The Kier molecular flexibility index (Phi) is 6.14. The number of benzene rings is 1. The molecule has 0 radical (unpaired) electrons. The summed E-state index contributed by atoms with van der Waals surface area (Å²) in [6.45, 7) is 4.28. The van der Waals surface area contributed by atoms with E-state index in [9.17, 15) is 4.79 Å². The lowest BCUT2D eigenvalue weighted by Crippen LogP contribution is -2.48. The van der Waals surface area contributed by atoms with E-state index in [1.165, 1.54) is 18.2 Å². The summed E-state index contributed by atoms with van der Waals surface area (Å²) < 4.78 is 5.17. The molecule has 26 heavy (non-hydrogen) atoms. The minimum absolute atomic E-state index is 0.190. The number of aromatic nitrogens is 2. The topological polar surface area (TPSA) is 55.3 Å². The zero-order valence-electron chi connectivity index (χ0n) is 15.5. The quantitative estimate of drug-likeness (QED) is 0.743. The van der Waals surface area contributed by atoms with Crippen LogP contribution in [0.3, 0.4) is 0 Å². The van der Waals surface area contributed by atoms with Gasteiger partial charge >= 0.3 is 0 Å². The summed E-state index contributed by atoms with van der Waals surface area (Å²) >= 11 is 1.45. The number of ether oxygens (including phenoxy) is 1. The van der Waals surface area contributed by atoms with Crippen molar-refractivity contribution in [1.29, 1.82) is 0 Å². The molecule has 3 rings (SSSR count). The number of hydrogen-bond donors (Lipinski definition) is 0. The standard InChI is InChI=1S/C20H25N3O2S/c1-14-5-4-6-15(2)23(14)20(24)13-26-19-12-11-18(21-22-19)16-7-9-17(25-3)10-8-16/h7-12,14-15H,4-6,13H2,1-3H3. The fourth-order valence-corrected chi connectivity index (χ4v) is 4.12. The van der Waals surface area contributed by atoms with E-state index < -0.39 is 0 Å². The summed E-state index contributed by atoms with van der Waals surface area (Å²) in [4.78, 5) is 14.6. The third-order valence-electron chi connectivity index (χ3n) is 4.85. The number of hydrogen-bond acceptors (Lipinski definition) is 5. The summed E-state index contributed by atoms with van der Waals surface area (Å²) in [6, 6.07) is 12.2. The van der Waals surface area contributed by atoms with Gasteiger partial charge in [-0.1, -0.05) is 11.8 Å². The lowest BCUT2D eigenvalue weighted by molar-refractivity contribution is -0.134. The fourth-order valence-electron chi connectivity index (χ4n) is 3.44. The van der Waals surface area contributed by atoms with Gasteiger partial charge in [-0.3, -0.25) is 4.79 Å². The second-order valence-corrected chi connectivity index (χ2v) is 7.70. The van der Waals surface area contributed by atoms with Crippen molar-refractivity contribution >= 4 is 17.7 Å². The molecule has 1 aromatic heterocycles. The molecule has 1 aliphatic heterocycles. The molecule has 0 saturated carbocycles. The van der Waals surface area contributed by atoms with Crippen molar-refractivity contribution < 1.29 is 9.53 Å². The van der Waals surface area contributed by atoms with Gasteiger partial charge in [-0.25, -0.2) is 0 Å². The van der Waals surface area contributed by atoms with Crippen LogP contribution in [0.2, 0.25) is 0 Å². The van der Waals surface area contributed by atoms with Gasteiger partial charge in [0.15, 0.2) is 0 Å². The molecule has 0 N–H and O–H groups in total. The summed E-state index contributed by atoms with van der Waals surface area (Å²) in [5.41, 5.74) is 1.79. The van der Waals surface area contributed by atoms with Gasteiger partial charge in [-0.15, -0.1) is 10.2 Å². The lowest BCUT2D eigenvalue weighted by Gasteiger charge is -2.39. The highest BCUT2D eigenvalue weighted by Crippen LogP contribution is 2.25. The molecule has 1 amide bonds. The summed E-state index contributed by atoms with van der Waals surface area (Å²) in [6.07, 6.45) is 3.39. The zero-order chi connectivity index (χ0) is 18.5. The molecule has 2 heterocycles. The van der Waals surface area contributed by atoms with Crippen molar-refractivity contribution in [2.45, 2.75) is 50.2 Å². The summed E-state index contributed by atoms with van der Waals surface area (Å²) in [7, 11) is 1.65. The Morgan fingerprint density at radius 2 is 1.81 bits per heavy atom. The average Bonchev–Trinajstić information content (AvgIpc) is 2.67. The van der Waals surface area contributed by atoms with E-state index in [-0.39, 0.29) is 5.91 Å². The predicted octanol–water partition coefficient (Wildman–Crippen LogP) is 4.03. The van der Waals surface area contributed by atoms with Crippen molar-refractivity contribution in [3.8, 4) is 17.0 Å². The molecule has 2 aromatic rings. The first-order valence-electron chi connectivity index (χ1n) is 9.00. The Morgan fingerprint density at radius 1 is 1.12 bits per heavy atom. The molecule has 0 aliphatic carbocycles. The SMILES string of the molecule is COc1ccc(-c2ccc(SCC(=O)N3C(C)CCCC3C)nn2)cc1. The average molecular weight is 372 g/mol.